The lowest BCUT2D eigenvalue weighted by Crippen LogP contribution is -2.12. The van der Waals surface area contributed by atoms with Crippen molar-refractivity contribution in [3.63, 3.8) is 0 Å². The van der Waals surface area contributed by atoms with Gasteiger partial charge in [0.25, 0.3) is 5.91 Å². The van der Waals surface area contributed by atoms with E-state index in [0.29, 0.717) is 12.2 Å². The number of carbonyl (C=O) groups is 1. The summed E-state index contributed by atoms with van der Waals surface area (Å²) in [7, 11) is 1.56. The second kappa shape index (κ2) is 6.25. The highest BCUT2D eigenvalue weighted by Gasteiger charge is 2.09. The SMILES string of the molecule is COCc1cccc(C(=O)Nc2ccc(F)c(F)c2)c1. The van der Waals surface area contributed by atoms with Crippen molar-refractivity contribution in [2.45, 2.75) is 6.61 Å². The summed E-state index contributed by atoms with van der Waals surface area (Å²) in [5, 5.41) is 2.51. The summed E-state index contributed by atoms with van der Waals surface area (Å²) in [6.07, 6.45) is 0. The van der Waals surface area contributed by atoms with Crippen molar-refractivity contribution in [1.29, 1.82) is 0 Å². The first-order valence-electron chi connectivity index (χ1n) is 5.94. The molecule has 5 heteroatoms. The molecule has 0 spiro atoms. The molecule has 1 amide bonds. The van der Waals surface area contributed by atoms with Crippen LogP contribution in [0.4, 0.5) is 14.5 Å². The lowest BCUT2D eigenvalue weighted by molar-refractivity contribution is 0.102. The highest BCUT2D eigenvalue weighted by molar-refractivity contribution is 6.04. The van der Waals surface area contributed by atoms with Crippen LogP contribution in [-0.2, 0) is 11.3 Å². The van der Waals surface area contributed by atoms with Crippen molar-refractivity contribution in [2.24, 2.45) is 0 Å². The predicted molar refractivity (Wildman–Crippen MR) is 71.5 cm³/mol. The van der Waals surface area contributed by atoms with E-state index < -0.39 is 17.5 Å². The number of ether oxygens (including phenoxy) is 1. The Kier molecular flexibility index (Phi) is 4.42. The number of hydrogen-bond donors (Lipinski definition) is 1. The molecule has 2 rings (SSSR count). The molecular formula is C15H13F2NO2. The van der Waals surface area contributed by atoms with Crippen LogP contribution in [0.3, 0.4) is 0 Å². The quantitative estimate of drug-likeness (QED) is 0.930. The van der Waals surface area contributed by atoms with Gasteiger partial charge in [0.05, 0.1) is 6.61 Å². The number of anilines is 1. The Labute approximate surface area is 115 Å². The lowest BCUT2D eigenvalue weighted by Gasteiger charge is -2.07. The van der Waals surface area contributed by atoms with Crippen LogP contribution in [-0.4, -0.2) is 13.0 Å². The monoisotopic (exact) mass is 277 g/mol. The van der Waals surface area contributed by atoms with Gasteiger partial charge >= 0.3 is 0 Å². The van der Waals surface area contributed by atoms with Crippen LogP contribution in [0, 0.1) is 11.6 Å². The summed E-state index contributed by atoms with van der Waals surface area (Å²) in [5.41, 5.74) is 1.47. The average molecular weight is 277 g/mol. The topological polar surface area (TPSA) is 38.3 Å². The van der Waals surface area contributed by atoms with E-state index >= 15 is 0 Å². The zero-order valence-corrected chi connectivity index (χ0v) is 10.8. The van der Waals surface area contributed by atoms with E-state index in [0.717, 1.165) is 17.7 Å². The van der Waals surface area contributed by atoms with Crippen molar-refractivity contribution in [1.82, 2.24) is 0 Å². The summed E-state index contributed by atoms with van der Waals surface area (Å²) in [6, 6.07) is 10.1. The molecule has 3 nitrogen and oxygen atoms in total. The fourth-order valence-corrected chi connectivity index (χ4v) is 1.75. The van der Waals surface area contributed by atoms with Gasteiger partial charge in [-0.25, -0.2) is 8.78 Å². The standard InChI is InChI=1S/C15H13F2NO2/c1-20-9-10-3-2-4-11(7-10)15(19)18-12-5-6-13(16)14(17)8-12/h2-8H,9H2,1H3,(H,18,19). The Morgan fingerprint density at radius 1 is 1.15 bits per heavy atom. The van der Waals surface area contributed by atoms with Crippen molar-refractivity contribution in [3.8, 4) is 0 Å². The molecule has 0 radical (unpaired) electrons. The highest BCUT2D eigenvalue weighted by Crippen LogP contribution is 2.15. The van der Waals surface area contributed by atoms with Crippen LogP contribution in [0.15, 0.2) is 42.5 Å². The van der Waals surface area contributed by atoms with E-state index in [2.05, 4.69) is 5.32 Å². The zero-order valence-electron chi connectivity index (χ0n) is 10.8. The van der Waals surface area contributed by atoms with E-state index in [-0.39, 0.29) is 5.69 Å². The summed E-state index contributed by atoms with van der Waals surface area (Å²) in [6.45, 7) is 0.395. The molecule has 20 heavy (non-hydrogen) atoms. The van der Waals surface area contributed by atoms with E-state index in [1.807, 2.05) is 6.07 Å². The molecule has 0 saturated carbocycles. The first kappa shape index (κ1) is 14.1. The molecule has 0 aromatic heterocycles. The van der Waals surface area contributed by atoms with Crippen molar-refractivity contribution >= 4 is 11.6 Å². The summed E-state index contributed by atoms with van der Waals surface area (Å²) in [4.78, 5) is 12.0. The van der Waals surface area contributed by atoms with Crippen LogP contribution in [0.25, 0.3) is 0 Å². The lowest BCUT2D eigenvalue weighted by atomic mass is 10.1. The molecule has 0 aliphatic heterocycles. The largest absolute Gasteiger partial charge is 0.380 e. The first-order valence-corrected chi connectivity index (χ1v) is 5.94. The van der Waals surface area contributed by atoms with E-state index in [9.17, 15) is 13.6 Å². The predicted octanol–water partition coefficient (Wildman–Crippen LogP) is 3.36. The normalized spacial score (nSPS) is 10.3. The van der Waals surface area contributed by atoms with Gasteiger partial charge in [-0.2, -0.15) is 0 Å². The van der Waals surface area contributed by atoms with E-state index in [1.165, 1.54) is 6.07 Å². The molecule has 0 heterocycles. The number of hydrogen-bond acceptors (Lipinski definition) is 2. The molecule has 0 bridgehead atoms. The fraction of sp³-hybridized carbons (Fsp3) is 0.133. The van der Waals surface area contributed by atoms with Crippen LogP contribution < -0.4 is 5.32 Å². The summed E-state index contributed by atoms with van der Waals surface area (Å²) >= 11 is 0. The van der Waals surface area contributed by atoms with Crippen molar-refractivity contribution in [3.05, 3.63) is 65.2 Å². The van der Waals surface area contributed by atoms with E-state index in [4.69, 9.17) is 4.74 Å². The number of carbonyl (C=O) groups excluding carboxylic acids is 1. The number of halogens is 2. The number of amides is 1. The molecule has 0 aliphatic rings. The third kappa shape index (κ3) is 3.39. The first-order chi connectivity index (χ1) is 9.60. The molecule has 2 aromatic carbocycles. The molecule has 0 unspecified atom stereocenters. The number of benzene rings is 2. The van der Waals surface area contributed by atoms with Crippen LogP contribution >= 0.6 is 0 Å². The van der Waals surface area contributed by atoms with E-state index in [1.54, 1.807) is 25.3 Å². The summed E-state index contributed by atoms with van der Waals surface area (Å²) < 4.78 is 30.8. The molecule has 0 aliphatic carbocycles. The number of rotatable bonds is 4. The molecule has 0 fully saturated rings. The molecular weight excluding hydrogens is 264 g/mol. The third-order valence-corrected chi connectivity index (χ3v) is 2.68. The van der Waals surface area contributed by atoms with Crippen LogP contribution in [0.5, 0.6) is 0 Å². The van der Waals surface area contributed by atoms with Gasteiger partial charge in [-0.05, 0) is 29.8 Å². The van der Waals surface area contributed by atoms with Gasteiger partial charge in [-0.15, -0.1) is 0 Å². The molecule has 0 atom stereocenters. The van der Waals surface area contributed by atoms with Gasteiger partial charge < -0.3 is 10.1 Å². The molecule has 104 valence electrons. The maximum atomic E-state index is 13.1. The zero-order chi connectivity index (χ0) is 14.5. The van der Waals surface area contributed by atoms with Gasteiger partial charge in [0.1, 0.15) is 0 Å². The van der Waals surface area contributed by atoms with Gasteiger partial charge in [0.2, 0.25) is 0 Å². The minimum absolute atomic E-state index is 0.200. The Balaban J connectivity index is 2.15. The van der Waals surface area contributed by atoms with Gasteiger partial charge in [-0.3, -0.25) is 4.79 Å². The maximum absolute atomic E-state index is 13.1. The second-order valence-corrected chi connectivity index (χ2v) is 4.22. The Hall–Kier alpha value is -2.27. The van der Waals surface area contributed by atoms with Crippen molar-refractivity contribution in [2.75, 3.05) is 12.4 Å². The Bertz CT molecular complexity index is 629. The van der Waals surface area contributed by atoms with Gasteiger partial charge in [-0.1, -0.05) is 12.1 Å². The van der Waals surface area contributed by atoms with Gasteiger partial charge in [0.15, 0.2) is 11.6 Å². The number of methoxy groups -OCH3 is 1. The highest BCUT2D eigenvalue weighted by atomic mass is 19.2. The minimum atomic E-state index is -1.00. The average Bonchev–Trinajstić information content (AvgIpc) is 2.43. The number of nitrogens with one attached hydrogen (secondary N) is 1. The smallest absolute Gasteiger partial charge is 0.255 e. The molecule has 0 saturated heterocycles. The molecule has 2 aromatic rings. The summed E-state index contributed by atoms with van der Waals surface area (Å²) in [5.74, 6) is -2.35. The Morgan fingerprint density at radius 2 is 1.95 bits per heavy atom. The van der Waals surface area contributed by atoms with Crippen LogP contribution in [0.2, 0.25) is 0 Å². The second-order valence-electron chi connectivity index (χ2n) is 4.22. The molecule has 1 N–H and O–H groups in total. The van der Waals surface area contributed by atoms with Crippen molar-refractivity contribution < 1.29 is 18.3 Å². The van der Waals surface area contributed by atoms with Crippen LogP contribution in [0.1, 0.15) is 15.9 Å². The minimum Gasteiger partial charge on any atom is -0.380 e. The third-order valence-electron chi connectivity index (χ3n) is 2.68. The Morgan fingerprint density at radius 3 is 2.65 bits per heavy atom. The maximum Gasteiger partial charge on any atom is 0.255 e. The van der Waals surface area contributed by atoms with Gasteiger partial charge in [0, 0.05) is 24.4 Å². The fourth-order valence-electron chi connectivity index (χ4n) is 1.75.